The number of rotatable bonds is 9. The molecule has 2 heteroatoms. The van der Waals surface area contributed by atoms with Crippen molar-refractivity contribution in [2.45, 2.75) is 58.8 Å². The van der Waals surface area contributed by atoms with E-state index in [1.165, 1.54) is 30.4 Å². The molecule has 0 aliphatic rings. The van der Waals surface area contributed by atoms with Crippen molar-refractivity contribution in [3.8, 4) is 5.75 Å². The number of pyridine rings is 1. The molecule has 1 aromatic heterocycles. The van der Waals surface area contributed by atoms with Gasteiger partial charge in [-0.25, -0.2) is 0 Å². The summed E-state index contributed by atoms with van der Waals surface area (Å²) in [6.45, 7) is 7.34. The number of aryl methyl sites for hydroxylation is 1. The van der Waals surface area contributed by atoms with Gasteiger partial charge in [0.2, 0.25) is 0 Å². The highest BCUT2D eigenvalue weighted by atomic mass is 16.5. The Morgan fingerprint density at radius 3 is 2.35 bits per heavy atom. The summed E-state index contributed by atoms with van der Waals surface area (Å²) in [5.41, 5.74) is 3.75. The van der Waals surface area contributed by atoms with Crippen LogP contribution in [0.4, 0.5) is 0 Å². The molecule has 0 N–H and O–H groups in total. The van der Waals surface area contributed by atoms with Crippen LogP contribution in [0, 0.1) is 0 Å². The number of nitrogens with zero attached hydrogens (tertiary/aromatic N) is 1. The van der Waals surface area contributed by atoms with Crippen molar-refractivity contribution < 1.29 is 4.74 Å². The topological polar surface area (TPSA) is 22.1 Å². The van der Waals surface area contributed by atoms with Crippen molar-refractivity contribution >= 4 is 0 Å². The minimum absolute atomic E-state index is 0.305. The van der Waals surface area contributed by atoms with Gasteiger partial charge in [-0.05, 0) is 48.6 Å². The summed E-state index contributed by atoms with van der Waals surface area (Å²) in [6, 6.07) is 12.8. The largest absolute Gasteiger partial charge is 0.494 e. The Balaban J connectivity index is 1.97. The van der Waals surface area contributed by atoms with Gasteiger partial charge in [-0.2, -0.15) is 0 Å². The van der Waals surface area contributed by atoms with Crippen molar-refractivity contribution in [3.63, 3.8) is 0 Å². The normalized spacial score (nSPS) is 12.1. The standard InChI is InChI=1S/C21H29NO/c1-4-6-7-8-18-9-14-21(22-16-18)17(3)19-10-12-20(13-11-19)23-15-5-2/h9-14,16-17H,4-8,15H2,1-3H3. The van der Waals surface area contributed by atoms with Gasteiger partial charge in [0, 0.05) is 17.8 Å². The molecule has 0 spiro atoms. The highest BCUT2D eigenvalue weighted by molar-refractivity contribution is 5.33. The summed E-state index contributed by atoms with van der Waals surface area (Å²) in [4.78, 5) is 4.67. The quantitative estimate of drug-likeness (QED) is 0.550. The molecule has 1 atom stereocenters. The first-order chi connectivity index (χ1) is 11.2. The lowest BCUT2D eigenvalue weighted by atomic mass is 9.96. The van der Waals surface area contributed by atoms with E-state index in [2.05, 4.69) is 62.2 Å². The Morgan fingerprint density at radius 2 is 1.74 bits per heavy atom. The first-order valence-electron chi connectivity index (χ1n) is 8.92. The number of hydrogen-bond acceptors (Lipinski definition) is 2. The molecule has 0 bridgehead atoms. The van der Waals surface area contributed by atoms with Gasteiger partial charge in [-0.3, -0.25) is 4.98 Å². The highest BCUT2D eigenvalue weighted by Crippen LogP contribution is 2.25. The third kappa shape index (κ3) is 5.38. The second-order valence-corrected chi connectivity index (χ2v) is 6.19. The van der Waals surface area contributed by atoms with Gasteiger partial charge in [-0.1, -0.05) is 51.8 Å². The predicted octanol–water partition coefficient (Wildman–Crippen LogP) is 5.75. The molecule has 0 fully saturated rings. The molecular formula is C21H29NO. The molecular weight excluding hydrogens is 282 g/mol. The van der Waals surface area contributed by atoms with E-state index in [0.717, 1.165) is 30.9 Å². The van der Waals surface area contributed by atoms with E-state index in [9.17, 15) is 0 Å². The van der Waals surface area contributed by atoms with Crippen LogP contribution in [0.5, 0.6) is 5.75 Å². The zero-order valence-corrected chi connectivity index (χ0v) is 14.7. The van der Waals surface area contributed by atoms with Crippen molar-refractivity contribution in [1.29, 1.82) is 0 Å². The van der Waals surface area contributed by atoms with Gasteiger partial charge in [0.05, 0.1) is 6.61 Å². The molecule has 0 amide bonds. The molecule has 124 valence electrons. The Morgan fingerprint density at radius 1 is 0.957 bits per heavy atom. The Bertz CT molecular complexity index is 559. The van der Waals surface area contributed by atoms with Crippen LogP contribution in [0.25, 0.3) is 0 Å². The van der Waals surface area contributed by atoms with E-state index >= 15 is 0 Å². The Kier molecular flexibility index (Phi) is 7.12. The first-order valence-corrected chi connectivity index (χ1v) is 8.92. The van der Waals surface area contributed by atoms with E-state index in [0.29, 0.717) is 5.92 Å². The fourth-order valence-electron chi connectivity index (χ4n) is 2.66. The Hall–Kier alpha value is -1.83. The summed E-state index contributed by atoms with van der Waals surface area (Å²) >= 11 is 0. The van der Waals surface area contributed by atoms with Gasteiger partial charge in [0.1, 0.15) is 5.75 Å². The predicted molar refractivity (Wildman–Crippen MR) is 97.2 cm³/mol. The minimum Gasteiger partial charge on any atom is -0.494 e. The number of unbranched alkanes of at least 4 members (excludes halogenated alkanes) is 2. The minimum atomic E-state index is 0.305. The van der Waals surface area contributed by atoms with Crippen LogP contribution in [0.3, 0.4) is 0 Å². The number of hydrogen-bond donors (Lipinski definition) is 0. The molecule has 1 aromatic carbocycles. The monoisotopic (exact) mass is 311 g/mol. The van der Waals surface area contributed by atoms with E-state index in [1.54, 1.807) is 0 Å². The molecule has 0 aliphatic carbocycles. The van der Waals surface area contributed by atoms with E-state index < -0.39 is 0 Å². The molecule has 2 nitrogen and oxygen atoms in total. The van der Waals surface area contributed by atoms with Crippen molar-refractivity contribution in [2.75, 3.05) is 6.61 Å². The van der Waals surface area contributed by atoms with E-state index in [1.807, 2.05) is 6.20 Å². The Labute approximate surface area is 140 Å². The zero-order chi connectivity index (χ0) is 16.5. The van der Waals surface area contributed by atoms with Gasteiger partial charge < -0.3 is 4.74 Å². The van der Waals surface area contributed by atoms with Crippen LogP contribution in [-0.2, 0) is 6.42 Å². The van der Waals surface area contributed by atoms with Crippen LogP contribution >= 0.6 is 0 Å². The van der Waals surface area contributed by atoms with E-state index in [4.69, 9.17) is 4.74 Å². The van der Waals surface area contributed by atoms with Gasteiger partial charge in [0.25, 0.3) is 0 Å². The fraction of sp³-hybridized carbons (Fsp3) is 0.476. The summed E-state index contributed by atoms with van der Waals surface area (Å²) in [6.07, 6.45) is 8.03. The van der Waals surface area contributed by atoms with Crippen molar-refractivity contribution in [3.05, 3.63) is 59.4 Å². The zero-order valence-electron chi connectivity index (χ0n) is 14.7. The smallest absolute Gasteiger partial charge is 0.119 e. The van der Waals surface area contributed by atoms with Crippen molar-refractivity contribution in [1.82, 2.24) is 4.98 Å². The lowest BCUT2D eigenvalue weighted by Gasteiger charge is -2.13. The SMILES string of the molecule is CCCCCc1ccc(C(C)c2ccc(OCCC)cc2)nc1. The number of aromatic nitrogens is 1. The third-order valence-electron chi connectivity index (χ3n) is 4.21. The molecule has 23 heavy (non-hydrogen) atoms. The van der Waals surface area contributed by atoms with Crippen molar-refractivity contribution in [2.24, 2.45) is 0 Å². The van der Waals surface area contributed by atoms with Crippen LogP contribution in [-0.4, -0.2) is 11.6 Å². The average Bonchev–Trinajstić information content (AvgIpc) is 2.61. The second kappa shape index (κ2) is 9.34. The van der Waals surface area contributed by atoms with Gasteiger partial charge in [0.15, 0.2) is 0 Å². The first kappa shape index (κ1) is 17.5. The third-order valence-corrected chi connectivity index (χ3v) is 4.21. The summed E-state index contributed by atoms with van der Waals surface area (Å²) < 4.78 is 5.64. The average molecular weight is 311 g/mol. The molecule has 2 rings (SSSR count). The second-order valence-electron chi connectivity index (χ2n) is 6.19. The maximum Gasteiger partial charge on any atom is 0.119 e. The number of ether oxygens (including phenoxy) is 1. The molecule has 0 aliphatic heterocycles. The molecule has 1 unspecified atom stereocenters. The van der Waals surface area contributed by atoms with Crippen LogP contribution < -0.4 is 4.74 Å². The summed E-state index contributed by atoms with van der Waals surface area (Å²) in [5.74, 6) is 1.25. The van der Waals surface area contributed by atoms with Gasteiger partial charge >= 0.3 is 0 Å². The fourth-order valence-corrected chi connectivity index (χ4v) is 2.66. The highest BCUT2D eigenvalue weighted by Gasteiger charge is 2.10. The maximum atomic E-state index is 5.64. The van der Waals surface area contributed by atoms with Crippen LogP contribution in [0.15, 0.2) is 42.6 Å². The van der Waals surface area contributed by atoms with Crippen LogP contribution in [0.2, 0.25) is 0 Å². The lowest BCUT2D eigenvalue weighted by molar-refractivity contribution is 0.317. The van der Waals surface area contributed by atoms with E-state index in [-0.39, 0.29) is 0 Å². The van der Waals surface area contributed by atoms with Gasteiger partial charge in [-0.15, -0.1) is 0 Å². The molecule has 0 saturated carbocycles. The molecule has 2 aromatic rings. The van der Waals surface area contributed by atoms with Crippen LogP contribution in [0.1, 0.15) is 69.2 Å². The molecule has 1 heterocycles. The number of benzene rings is 1. The molecule has 0 saturated heterocycles. The summed E-state index contributed by atoms with van der Waals surface area (Å²) in [5, 5.41) is 0. The molecule has 0 radical (unpaired) electrons. The maximum absolute atomic E-state index is 5.64. The summed E-state index contributed by atoms with van der Waals surface area (Å²) in [7, 11) is 0. The lowest BCUT2D eigenvalue weighted by Crippen LogP contribution is -2.00.